The molecule has 0 unspecified atom stereocenters. The zero-order valence-corrected chi connectivity index (χ0v) is 10.7. The van der Waals surface area contributed by atoms with Gasteiger partial charge in [-0.2, -0.15) is 0 Å². The van der Waals surface area contributed by atoms with Gasteiger partial charge in [0.25, 0.3) is 5.91 Å². The highest BCUT2D eigenvalue weighted by molar-refractivity contribution is 9.10. The number of nitrogens with zero attached hydrogens (tertiary/aromatic N) is 2. The van der Waals surface area contributed by atoms with Gasteiger partial charge in [0.1, 0.15) is 5.58 Å². The Morgan fingerprint density at radius 3 is 2.94 bits per heavy atom. The van der Waals surface area contributed by atoms with E-state index >= 15 is 0 Å². The first kappa shape index (κ1) is 11.0. The summed E-state index contributed by atoms with van der Waals surface area (Å²) >= 11 is 3.41. The van der Waals surface area contributed by atoms with Crippen molar-refractivity contribution in [3.8, 4) is 0 Å². The van der Waals surface area contributed by atoms with E-state index in [9.17, 15) is 4.79 Å². The standard InChI is InChI=1S/C12H8BrN3O2/c13-8-2-1-3-9-7(8)6-10(18-9)11(17)16-5-4-15-12(16)14/h1-6H,(H2,14,15). The minimum atomic E-state index is -0.340. The topological polar surface area (TPSA) is 74.0 Å². The highest BCUT2D eigenvalue weighted by atomic mass is 79.9. The van der Waals surface area contributed by atoms with Crippen LogP contribution in [0.5, 0.6) is 0 Å². The predicted molar refractivity (Wildman–Crippen MR) is 70.3 cm³/mol. The first-order valence-electron chi connectivity index (χ1n) is 5.18. The zero-order valence-electron chi connectivity index (χ0n) is 9.13. The number of halogens is 1. The van der Waals surface area contributed by atoms with Gasteiger partial charge < -0.3 is 10.2 Å². The largest absolute Gasteiger partial charge is 0.451 e. The summed E-state index contributed by atoms with van der Waals surface area (Å²) in [5.74, 6) is 0.0224. The molecule has 3 rings (SSSR count). The van der Waals surface area contributed by atoms with Crippen molar-refractivity contribution >= 4 is 38.8 Å². The van der Waals surface area contributed by atoms with Crippen LogP contribution >= 0.6 is 15.9 Å². The maximum Gasteiger partial charge on any atom is 0.300 e. The van der Waals surface area contributed by atoms with Crippen molar-refractivity contribution in [3.63, 3.8) is 0 Å². The second-order valence-electron chi connectivity index (χ2n) is 3.72. The van der Waals surface area contributed by atoms with Gasteiger partial charge in [0.05, 0.1) is 0 Å². The first-order valence-corrected chi connectivity index (χ1v) is 5.97. The third-order valence-corrected chi connectivity index (χ3v) is 3.30. The number of carbonyl (C=O) groups excluding carboxylic acids is 1. The summed E-state index contributed by atoms with van der Waals surface area (Å²) in [6.07, 6.45) is 2.96. The fraction of sp³-hybridized carbons (Fsp3) is 0. The number of aromatic nitrogens is 2. The molecule has 0 atom stereocenters. The van der Waals surface area contributed by atoms with Crippen molar-refractivity contribution in [2.45, 2.75) is 0 Å². The number of anilines is 1. The summed E-state index contributed by atoms with van der Waals surface area (Å²) in [4.78, 5) is 15.9. The lowest BCUT2D eigenvalue weighted by Gasteiger charge is -1.98. The molecule has 0 aliphatic heterocycles. The van der Waals surface area contributed by atoms with E-state index < -0.39 is 0 Å². The number of nitrogen functional groups attached to an aromatic ring is 1. The van der Waals surface area contributed by atoms with Gasteiger partial charge >= 0.3 is 0 Å². The Kier molecular flexibility index (Phi) is 2.45. The van der Waals surface area contributed by atoms with Gasteiger partial charge in [-0.1, -0.05) is 22.0 Å². The molecule has 2 N–H and O–H groups in total. The number of hydrogen-bond acceptors (Lipinski definition) is 4. The van der Waals surface area contributed by atoms with E-state index in [1.165, 1.54) is 17.0 Å². The molecule has 2 heterocycles. The molecule has 5 nitrogen and oxygen atoms in total. The number of hydrogen-bond donors (Lipinski definition) is 1. The smallest absolute Gasteiger partial charge is 0.300 e. The average Bonchev–Trinajstić information content (AvgIpc) is 2.95. The van der Waals surface area contributed by atoms with Gasteiger partial charge in [-0.15, -0.1) is 0 Å². The number of rotatable bonds is 1. The summed E-state index contributed by atoms with van der Waals surface area (Å²) in [5, 5.41) is 0.847. The highest BCUT2D eigenvalue weighted by Crippen LogP contribution is 2.27. The molecule has 0 saturated carbocycles. The van der Waals surface area contributed by atoms with Crippen LogP contribution in [0.2, 0.25) is 0 Å². The van der Waals surface area contributed by atoms with Crippen LogP contribution in [-0.4, -0.2) is 15.5 Å². The molecular formula is C12H8BrN3O2. The van der Waals surface area contributed by atoms with Gasteiger partial charge in [-0.3, -0.25) is 4.79 Å². The lowest BCUT2D eigenvalue weighted by molar-refractivity contribution is 0.0937. The number of carbonyl (C=O) groups is 1. The maximum absolute atomic E-state index is 12.1. The molecule has 18 heavy (non-hydrogen) atoms. The number of benzene rings is 1. The minimum absolute atomic E-state index is 0.138. The Morgan fingerprint density at radius 2 is 2.28 bits per heavy atom. The molecule has 6 heteroatoms. The summed E-state index contributed by atoms with van der Waals surface area (Å²) < 4.78 is 7.62. The van der Waals surface area contributed by atoms with Gasteiger partial charge in [0, 0.05) is 22.3 Å². The zero-order chi connectivity index (χ0) is 12.7. The van der Waals surface area contributed by atoms with Gasteiger partial charge in [0.2, 0.25) is 5.95 Å². The molecule has 3 aromatic rings. The Morgan fingerprint density at radius 1 is 1.44 bits per heavy atom. The Labute approximate surface area is 110 Å². The van der Waals surface area contributed by atoms with E-state index in [0.29, 0.717) is 5.58 Å². The van der Waals surface area contributed by atoms with E-state index in [1.54, 1.807) is 12.1 Å². The van der Waals surface area contributed by atoms with Crippen LogP contribution in [0.15, 0.2) is 45.5 Å². The molecule has 90 valence electrons. The fourth-order valence-corrected chi connectivity index (χ4v) is 2.20. The normalized spacial score (nSPS) is 10.9. The van der Waals surface area contributed by atoms with Crippen molar-refractivity contribution in [1.82, 2.24) is 9.55 Å². The molecule has 0 bridgehead atoms. The van der Waals surface area contributed by atoms with Gasteiger partial charge in [-0.05, 0) is 18.2 Å². The molecule has 0 saturated heterocycles. The van der Waals surface area contributed by atoms with Crippen LogP contribution in [0.4, 0.5) is 5.95 Å². The van der Waals surface area contributed by atoms with Gasteiger partial charge in [-0.25, -0.2) is 9.55 Å². The molecule has 0 aliphatic carbocycles. The van der Waals surface area contributed by atoms with Crippen LogP contribution in [0.3, 0.4) is 0 Å². The summed E-state index contributed by atoms with van der Waals surface area (Å²) in [5.41, 5.74) is 6.23. The third-order valence-electron chi connectivity index (χ3n) is 2.61. The van der Waals surface area contributed by atoms with E-state index in [1.807, 2.05) is 12.1 Å². The molecule has 0 radical (unpaired) electrons. The molecule has 0 fully saturated rings. The molecule has 1 aromatic carbocycles. The molecule has 0 amide bonds. The molecule has 2 aromatic heterocycles. The first-order chi connectivity index (χ1) is 8.66. The fourth-order valence-electron chi connectivity index (χ4n) is 1.74. The lowest BCUT2D eigenvalue weighted by Crippen LogP contribution is -2.12. The Balaban J connectivity index is 2.13. The summed E-state index contributed by atoms with van der Waals surface area (Å²) in [7, 11) is 0. The van der Waals surface area contributed by atoms with Gasteiger partial charge in [0.15, 0.2) is 5.76 Å². The van der Waals surface area contributed by atoms with Crippen molar-refractivity contribution in [1.29, 1.82) is 0 Å². The van der Waals surface area contributed by atoms with E-state index in [4.69, 9.17) is 10.2 Å². The van der Waals surface area contributed by atoms with E-state index in [2.05, 4.69) is 20.9 Å². The second-order valence-corrected chi connectivity index (χ2v) is 4.58. The molecule has 0 spiro atoms. The SMILES string of the molecule is Nc1nccn1C(=O)c1cc2c(Br)cccc2o1. The minimum Gasteiger partial charge on any atom is -0.451 e. The Bertz CT molecular complexity index is 745. The van der Waals surface area contributed by atoms with E-state index in [-0.39, 0.29) is 17.6 Å². The third kappa shape index (κ3) is 1.62. The summed E-state index contributed by atoms with van der Waals surface area (Å²) in [6.45, 7) is 0. The molecule has 0 aliphatic rings. The number of furan rings is 1. The van der Waals surface area contributed by atoms with Crippen LogP contribution in [0, 0.1) is 0 Å². The van der Waals surface area contributed by atoms with Crippen molar-refractivity contribution in [2.75, 3.05) is 5.73 Å². The van der Waals surface area contributed by atoms with Crippen molar-refractivity contribution in [2.24, 2.45) is 0 Å². The Hall–Kier alpha value is -2.08. The number of nitrogens with two attached hydrogens (primary N) is 1. The van der Waals surface area contributed by atoms with Crippen LogP contribution in [0.1, 0.15) is 10.6 Å². The summed E-state index contributed by atoms with van der Waals surface area (Å²) in [6, 6.07) is 7.21. The highest BCUT2D eigenvalue weighted by Gasteiger charge is 2.17. The number of fused-ring (bicyclic) bond motifs is 1. The molecular weight excluding hydrogens is 298 g/mol. The maximum atomic E-state index is 12.1. The quantitative estimate of drug-likeness (QED) is 0.750. The van der Waals surface area contributed by atoms with E-state index in [0.717, 1.165) is 9.86 Å². The van der Waals surface area contributed by atoms with Crippen LogP contribution < -0.4 is 5.73 Å². The lowest BCUT2D eigenvalue weighted by atomic mass is 10.2. The van der Waals surface area contributed by atoms with Crippen molar-refractivity contribution in [3.05, 3.63) is 46.9 Å². The predicted octanol–water partition coefficient (Wildman–Crippen LogP) is 2.66. The monoisotopic (exact) mass is 305 g/mol. The van der Waals surface area contributed by atoms with Crippen LogP contribution in [-0.2, 0) is 0 Å². The number of imidazole rings is 1. The second kappa shape index (κ2) is 3.99. The van der Waals surface area contributed by atoms with Crippen LogP contribution in [0.25, 0.3) is 11.0 Å². The average molecular weight is 306 g/mol. The van der Waals surface area contributed by atoms with Crippen molar-refractivity contribution < 1.29 is 9.21 Å².